The molecule has 0 radical (unpaired) electrons. The van der Waals surface area contributed by atoms with Gasteiger partial charge in [0.15, 0.2) is 6.10 Å². The van der Waals surface area contributed by atoms with Crippen molar-refractivity contribution in [1.29, 1.82) is 0 Å². The fourth-order valence-corrected chi connectivity index (χ4v) is 2.31. The highest BCUT2D eigenvalue weighted by molar-refractivity contribution is 5.83. The molecule has 4 rings (SSSR count). The van der Waals surface area contributed by atoms with Gasteiger partial charge in [-0.15, -0.1) is 0 Å². The molecule has 0 N–H and O–H groups in total. The first kappa shape index (κ1) is 11.6. The minimum Gasteiger partial charge on any atom is -0.363 e. The fraction of sp³-hybridized carbons (Fsp3) is 0.357. The molecule has 0 bridgehead atoms. The minimum atomic E-state index is -0.210. The highest BCUT2D eigenvalue weighted by Gasteiger charge is 2.42. The summed E-state index contributed by atoms with van der Waals surface area (Å²) in [5.41, 5.74) is 0.932. The van der Waals surface area contributed by atoms with Crippen molar-refractivity contribution in [3.63, 3.8) is 0 Å². The first-order valence-electron chi connectivity index (χ1n) is 6.60. The molecule has 1 amide bonds. The fourth-order valence-electron chi connectivity index (χ4n) is 2.31. The Morgan fingerprint density at radius 2 is 2.00 bits per heavy atom. The minimum absolute atomic E-state index is 0.0732. The third-order valence-corrected chi connectivity index (χ3v) is 3.62. The summed E-state index contributed by atoms with van der Waals surface area (Å²) in [6, 6.07) is 9.70. The van der Waals surface area contributed by atoms with Gasteiger partial charge in [0.1, 0.15) is 0 Å². The lowest BCUT2D eigenvalue weighted by Crippen LogP contribution is -2.50. The second-order valence-electron chi connectivity index (χ2n) is 5.08. The van der Waals surface area contributed by atoms with Crippen LogP contribution in [0, 0.1) is 0 Å². The standard InChI is InChI=1S/C14H13N3O3/c18-14(11-8-19-11)17-6-10(7-17)13-15-12(16-20-13)9-4-2-1-3-5-9/h1-5,10-11H,6-8H2. The number of hydrogen-bond donors (Lipinski definition) is 0. The summed E-state index contributed by atoms with van der Waals surface area (Å²) in [7, 11) is 0. The Balaban J connectivity index is 1.43. The predicted octanol–water partition coefficient (Wildman–Crippen LogP) is 1.06. The molecule has 20 heavy (non-hydrogen) atoms. The molecular weight excluding hydrogens is 258 g/mol. The normalized spacial score (nSPS) is 21.6. The Morgan fingerprint density at radius 1 is 1.25 bits per heavy atom. The van der Waals surface area contributed by atoms with Crippen LogP contribution in [0.25, 0.3) is 11.4 Å². The number of hydrogen-bond acceptors (Lipinski definition) is 5. The molecule has 2 aliphatic rings. The molecule has 1 aromatic heterocycles. The van der Waals surface area contributed by atoms with E-state index in [4.69, 9.17) is 9.26 Å². The van der Waals surface area contributed by atoms with Crippen molar-refractivity contribution in [1.82, 2.24) is 15.0 Å². The average Bonchev–Trinajstić information content (AvgIpc) is 3.17. The van der Waals surface area contributed by atoms with E-state index in [1.165, 1.54) is 0 Å². The van der Waals surface area contributed by atoms with E-state index in [1.54, 1.807) is 4.90 Å². The largest absolute Gasteiger partial charge is 0.363 e. The van der Waals surface area contributed by atoms with Crippen molar-refractivity contribution in [2.24, 2.45) is 0 Å². The monoisotopic (exact) mass is 271 g/mol. The lowest BCUT2D eigenvalue weighted by atomic mass is 10.00. The van der Waals surface area contributed by atoms with E-state index in [0.29, 0.717) is 31.4 Å². The maximum absolute atomic E-state index is 11.7. The van der Waals surface area contributed by atoms with Crippen LogP contribution in [0.4, 0.5) is 0 Å². The Bertz CT molecular complexity index is 630. The molecule has 2 saturated heterocycles. The van der Waals surface area contributed by atoms with E-state index in [2.05, 4.69) is 10.1 Å². The second-order valence-corrected chi connectivity index (χ2v) is 5.08. The smallest absolute Gasteiger partial charge is 0.254 e. The zero-order valence-corrected chi connectivity index (χ0v) is 10.7. The van der Waals surface area contributed by atoms with Crippen LogP contribution in [-0.4, -0.2) is 46.7 Å². The topological polar surface area (TPSA) is 71.8 Å². The van der Waals surface area contributed by atoms with Gasteiger partial charge in [0, 0.05) is 18.7 Å². The third-order valence-electron chi connectivity index (χ3n) is 3.62. The molecule has 0 spiro atoms. The zero-order chi connectivity index (χ0) is 13.5. The SMILES string of the molecule is O=C(C1CO1)N1CC(c2nc(-c3ccccc3)no2)C1. The number of benzene rings is 1. The van der Waals surface area contributed by atoms with E-state index in [9.17, 15) is 4.79 Å². The van der Waals surface area contributed by atoms with Crippen molar-refractivity contribution in [2.45, 2.75) is 12.0 Å². The number of amides is 1. The molecule has 0 saturated carbocycles. The molecule has 1 atom stereocenters. The van der Waals surface area contributed by atoms with E-state index in [1.807, 2.05) is 30.3 Å². The molecule has 102 valence electrons. The van der Waals surface area contributed by atoms with Crippen molar-refractivity contribution >= 4 is 5.91 Å². The Morgan fingerprint density at radius 3 is 2.70 bits per heavy atom. The first-order chi connectivity index (χ1) is 9.81. The molecule has 2 fully saturated rings. The van der Waals surface area contributed by atoms with Gasteiger partial charge in [0.2, 0.25) is 11.7 Å². The summed E-state index contributed by atoms with van der Waals surface area (Å²) in [4.78, 5) is 17.9. The van der Waals surface area contributed by atoms with E-state index in [0.717, 1.165) is 5.56 Å². The Kier molecular flexibility index (Phi) is 2.56. The highest BCUT2D eigenvalue weighted by atomic mass is 16.6. The maximum atomic E-state index is 11.7. The van der Waals surface area contributed by atoms with Crippen LogP contribution in [0.5, 0.6) is 0 Å². The predicted molar refractivity (Wildman–Crippen MR) is 68.8 cm³/mol. The van der Waals surface area contributed by atoms with Gasteiger partial charge in [0.05, 0.1) is 12.5 Å². The second kappa shape index (κ2) is 4.42. The Labute approximate surface area is 115 Å². The van der Waals surface area contributed by atoms with Crippen LogP contribution in [0.1, 0.15) is 11.8 Å². The average molecular weight is 271 g/mol. The van der Waals surface area contributed by atoms with Crippen molar-refractivity contribution in [3.05, 3.63) is 36.2 Å². The third kappa shape index (κ3) is 1.98. The van der Waals surface area contributed by atoms with Gasteiger partial charge in [-0.05, 0) is 0 Å². The summed E-state index contributed by atoms with van der Waals surface area (Å²) in [5, 5.41) is 3.99. The molecule has 2 aromatic rings. The molecule has 1 aromatic carbocycles. The summed E-state index contributed by atoms with van der Waals surface area (Å²) >= 11 is 0. The van der Waals surface area contributed by atoms with Crippen LogP contribution in [-0.2, 0) is 9.53 Å². The maximum Gasteiger partial charge on any atom is 0.254 e. The number of epoxide rings is 1. The van der Waals surface area contributed by atoms with Crippen LogP contribution < -0.4 is 0 Å². The van der Waals surface area contributed by atoms with E-state index >= 15 is 0 Å². The number of rotatable bonds is 3. The molecule has 1 unspecified atom stereocenters. The zero-order valence-electron chi connectivity index (χ0n) is 10.7. The number of ether oxygens (including phenoxy) is 1. The molecular formula is C14H13N3O3. The van der Waals surface area contributed by atoms with E-state index in [-0.39, 0.29) is 17.9 Å². The number of carbonyl (C=O) groups is 1. The van der Waals surface area contributed by atoms with Crippen molar-refractivity contribution in [3.8, 4) is 11.4 Å². The molecule has 6 heteroatoms. The number of nitrogens with zero attached hydrogens (tertiary/aromatic N) is 3. The summed E-state index contributed by atoms with van der Waals surface area (Å²) in [5.74, 6) is 1.41. The molecule has 3 heterocycles. The van der Waals surface area contributed by atoms with Gasteiger partial charge < -0.3 is 14.2 Å². The van der Waals surface area contributed by atoms with Gasteiger partial charge >= 0.3 is 0 Å². The van der Waals surface area contributed by atoms with Gasteiger partial charge in [-0.25, -0.2) is 0 Å². The van der Waals surface area contributed by atoms with Crippen LogP contribution >= 0.6 is 0 Å². The van der Waals surface area contributed by atoms with Crippen molar-refractivity contribution < 1.29 is 14.1 Å². The van der Waals surface area contributed by atoms with Gasteiger partial charge in [-0.2, -0.15) is 4.98 Å². The van der Waals surface area contributed by atoms with Crippen LogP contribution in [0.15, 0.2) is 34.9 Å². The van der Waals surface area contributed by atoms with Gasteiger partial charge in [-0.1, -0.05) is 35.5 Å². The summed E-state index contributed by atoms with van der Waals surface area (Å²) in [6.07, 6.45) is -0.210. The quantitative estimate of drug-likeness (QED) is 0.781. The van der Waals surface area contributed by atoms with Gasteiger partial charge in [-0.3, -0.25) is 4.79 Å². The highest BCUT2D eigenvalue weighted by Crippen LogP contribution is 2.29. The van der Waals surface area contributed by atoms with Gasteiger partial charge in [0.25, 0.3) is 5.91 Å². The van der Waals surface area contributed by atoms with Crippen LogP contribution in [0.3, 0.4) is 0 Å². The van der Waals surface area contributed by atoms with Crippen LogP contribution in [0.2, 0.25) is 0 Å². The number of carbonyl (C=O) groups excluding carboxylic acids is 1. The lowest BCUT2D eigenvalue weighted by molar-refractivity contribution is -0.137. The Hall–Kier alpha value is -2.21. The molecule has 6 nitrogen and oxygen atoms in total. The number of likely N-dealkylation sites (tertiary alicyclic amines) is 1. The van der Waals surface area contributed by atoms with E-state index < -0.39 is 0 Å². The molecule has 0 aliphatic carbocycles. The number of aromatic nitrogens is 2. The summed E-state index contributed by atoms with van der Waals surface area (Å²) < 4.78 is 10.3. The summed E-state index contributed by atoms with van der Waals surface area (Å²) in [6.45, 7) is 1.82. The molecule has 2 aliphatic heterocycles. The van der Waals surface area contributed by atoms with Crippen molar-refractivity contribution in [2.75, 3.05) is 19.7 Å². The lowest BCUT2D eigenvalue weighted by Gasteiger charge is -2.36. The first-order valence-corrected chi connectivity index (χ1v) is 6.60.